The van der Waals surface area contributed by atoms with Crippen LogP contribution in [0.2, 0.25) is 0 Å². The summed E-state index contributed by atoms with van der Waals surface area (Å²) >= 11 is 0. The topological polar surface area (TPSA) is 58.6 Å². The number of carbonyl (C=O) groups excluding carboxylic acids is 2. The number of likely N-dealkylation sites (N-methyl/N-ethyl adjacent to an activating group) is 1. The average Bonchev–Trinajstić information content (AvgIpc) is 2.62. The second-order valence-electron chi connectivity index (χ2n) is 6.44. The van der Waals surface area contributed by atoms with Crippen molar-refractivity contribution in [2.75, 3.05) is 26.0 Å². The summed E-state index contributed by atoms with van der Waals surface area (Å²) in [6.07, 6.45) is -4.37. The normalized spacial score (nSPS) is 11.4. The Hall–Kier alpha value is -2.87. The zero-order valence-corrected chi connectivity index (χ0v) is 15.8. The first-order chi connectivity index (χ1) is 13.1. The molecule has 2 aromatic rings. The highest BCUT2D eigenvalue weighted by atomic mass is 19.4. The molecule has 1 N–H and O–H groups in total. The quantitative estimate of drug-likeness (QED) is 0.756. The molecule has 0 heterocycles. The Bertz CT molecular complexity index is 849. The number of hydrogen-bond acceptors (Lipinski definition) is 4. The third-order valence-corrected chi connectivity index (χ3v) is 4.08. The number of esters is 1. The zero-order chi connectivity index (χ0) is 20.9. The highest BCUT2D eigenvalue weighted by Gasteiger charge is 2.29. The van der Waals surface area contributed by atoms with Crippen LogP contribution >= 0.6 is 0 Å². The van der Waals surface area contributed by atoms with E-state index in [1.165, 1.54) is 25.3 Å². The summed E-state index contributed by atoms with van der Waals surface area (Å²) in [5, 5.41) is 2.74. The Morgan fingerprint density at radius 2 is 1.75 bits per heavy atom. The summed E-state index contributed by atoms with van der Waals surface area (Å²) in [4.78, 5) is 25.6. The van der Waals surface area contributed by atoms with Gasteiger partial charge in [-0.3, -0.25) is 9.69 Å². The van der Waals surface area contributed by atoms with Crippen molar-refractivity contribution in [1.82, 2.24) is 4.90 Å². The van der Waals surface area contributed by atoms with Crippen molar-refractivity contribution in [3.63, 3.8) is 0 Å². The average molecular weight is 394 g/mol. The zero-order valence-electron chi connectivity index (χ0n) is 15.8. The smallest absolute Gasteiger partial charge is 0.416 e. The van der Waals surface area contributed by atoms with Crippen LogP contribution in [0.5, 0.6) is 0 Å². The van der Waals surface area contributed by atoms with Crippen LogP contribution in [-0.2, 0) is 22.3 Å². The van der Waals surface area contributed by atoms with Crippen molar-refractivity contribution in [2.24, 2.45) is 0 Å². The Balaban J connectivity index is 1.97. The van der Waals surface area contributed by atoms with Gasteiger partial charge in [0.1, 0.15) is 0 Å². The third-order valence-electron chi connectivity index (χ3n) is 4.08. The summed E-state index contributed by atoms with van der Waals surface area (Å²) < 4.78 is 42.5. The first-order valence-corrected chi connectivity index (χ1v) is 8.43. The van der Waals surface area contributed by atoms with Crippen LogP contribution in [-0.4, -0.2) is 37.5 Å². The molecule has 0 bridgehead atoms. The highest BCUT2D eigenvalue weighted by molar-refractivity contribution is 5.96. The van der Waals surface area contributed by atoms with Crippen LogP contribution in [0, 0.1) is 6.92 Å². The number of hydrogen-bond donors (Lipinski definition) is 1. The standard InChI is InChI=1S/C20H21F3N2O3/c1-13-4-7-15(19(27)28-3)10-17(13)24-18(26)12-25(2)11-14-5-8-16(9-6-14)20(21,22)23/h4-10H,11-12H2,1-3H3,(H,24,26). The first kappa shape index (κ1) is 21.4. The summed E-state index contributed by atoms with van der Waals surface area (Å²) in [7, 11) is 2.96. The van der Waals surface area contributed by atoms with E-state index < -0.39 is 17.7 Å². The SMILES string of the molecule is COC(=O)c1ccc(C)c(NC(=O)CN(C)Cc2ccc(C(F)(F)F)cc2)c1. The molecule has 0 aliphatic heterocycles. The molecule has 5 nitrogen and oxygen atoms in total. The maximum absolute atomic E-state index is 12.6. The Morgan fingerprint density at radius 3 is 2.32 bits per heavy atom. The van der Waals surface area contributed by atoms with Crippen molar-refractivity contribution in [2.45, 2.75) is 19.6 Å². The van der Waals surface area contributed by atoms with Crippen molar-refractivity contribution in [3.05, 3.63) is 64.7 Å². The van der Waals surface area contributed by atoms with E-state index in [1.807, 2.05) is 0 Å². The fourth-order valence-electron chi connectivity index (χ4n) is 2.60. The molecule has 8 heteroatoms. The molecule has 0 unspecified atom stereocenters. The second-order valence-corrected chi connectivity index (χ2v) is 6.44. The van der Waals surface area contributed by atoms with E-state index in [0.717, 1.165) is 17.7 Å². The van der Waals surface area contributed by atoms with Gasteiger partial charge in [0.15, 0.2) is 0 Å². The molecular formula is C20H21F3N2O3. The van der Waals surface area contributed by atoms with Crippen molar-refractivity contribution in [1.29, 1.82) is 0 Å². The number of ether oxygens (including phenoxy) is 1. The number of rotatable bonds is 6. The fourth-order valence-corrected chi connectivity index (χ4v) is 2.60. The van der Waals surface area contributed by atoms with Crippen LogP contribution in [0.1, 0.15) is 27.0 Å². The van der Waals surface area contributed by atoms with Crippen LogP contribution < -0.4 is 5.32 Å². The molecule has 2 rings (SSSR count). The molecule has 0 spiro atoms. The molecule has 0 saturated heterocycles. The number of aryl methyl sites for hydroxylation is 1. The molecule has 0 atom stereocenters. The number of halogens is 3. The number of nitrogens with one attached hydrogen (secondary N) is 1. The predicted molar refractivity (Wildman–Crippen MR) is 98.9 cm³/mol. The van der Waals surface area contributed by atoms with Gasteiger partial charge >= 0.3 is 12.1 Å². The number of methoxy groups -OCH3 is 1. The van der Waals surface area contributed by atoms with Gasteiger partial charge in [-0.2, -0.15) is 13.2 Å². The third kappa shape index (κ3) is 5.82. The number of alkyl halides is 3. The van der Waals surface area contributed by atoms with Gasteiger partial charge in [-0.25, -0.2) is 4.79 Å². The molecule has 0 aliphatic carbocycles. The molecule has 0 saturated carbocycles. The summed E-state index contributed by atoms with van der Waals surface area (Å²) in [5.74, 6) is -0.811. The molecule has 1 amide bonds. The summed E-state index contributed by atoms with van der Waals surface area (Å²) in [5.41, 5.74) is 1.55. The number of anilines is 1. The molecule has 2 aromatic carbocycles. The molecule has 28 heavy (non-hydrogen) atoms. The highest BCUT2D eigenvalue weighted by Crippen LogP contribution is 2.29. The Kier molecular flexibility index (Phi) is 6.80. The fraction of sp³-hybridized carbons (Fsp3) is 0.300. The van der Waals surface area contributed by atoms with Gasteiger partial charge in [0, 0.05) is 12.2 Å². The molecule has 0 aromatic heterocycles. The molecule has 0 fully saturated rings. The lowest BCUT2D eigenvalue weighted by Gasteiger charge is -2.17. The largest absolute Gasteiger partial charge is 0.465 e. The summed E-state index contributed by atoms with van der Waals surface area (Å²) in [6.45, 7) is 2.14. The molecule has 0 radical (unpaired) electrons. The van der Waals surface area contributed by atoms with Gasteiger partial charge < -0.3 is 10.1 Å². The van der Waals surface area contributed by atoms with Crippen LogP contribution in [0.25, 0.3) is 0 Å². The predicted octanol–water partition coefficient (Wildman–Crippen LogP) is 3.87. The molecular weight excluding hydrogens is 373 g/mol. The van der Waals surface area contributed by atoms with Gasteiger partial charge in [0.25, 0.3) is 0 Å². The number of amides is 1. The Morgan fingerprint density at radius 1 is 1.11 bits per heavy atom. The summed E-state index contributed by atoms with van der Waals surface area (Å²) in [6, 6.07) is 9.66. The minimum Gasteiger partial charge on any atom is -0.465 e. The second kappa shape index (κ2) is 8.88. The van der Waals surface area contributed by atoms with Crippen LogP contribution in [0.3, 0.4) is 0 Å². The lowest BCUT2D eigenvalue weighted by atomic mass is 10.1. The minimum atomic E-state index is -4.37. The maximum Gasteiger partial charge on any atom is 0.416 e. The van der Waals surface area contributed by atoms with Gasteiger partial charge in [-0.05, 0) is 49.4 Å². The van der Waals surface area contributed by atoms with Crippen molar-refractivity contribution < 1.29 is 27.5 Å². The number of carbonyl (C=O) groups is 2. The van der Waals surface area contributed by atoms with E-state index in [9.17, 15) is 22.8 Å². The number of benzene rings is 2. The molecule has 150 valence electrons. The van der Waals surface area contributed by atoms with E-state index in [-0.39, 0.29) is 12.5 Å². The van der Waals surface area contributed by atoms with E-state index in [1.54, 1.807) is 31.0 Å². The van der Waals surface area contributed by atoms with E-state index >= 15 is 0 Å². The van der Waals surface area contributed by atoms with Crippen molar-refractivity contribution >= 4 is 17.6 Å². The van der Waals surface area contributed by atoms with Crippen LogP contribution in [0.15, 0.2) is 42.5 Å². The lowest BCUT2D eigenvalue weighted by Crippen LogP contribution is -2.30. The molecule has 0 aliphatic rings. The number of nitrogens with zero attached hydrogens (tertiary/aromatic N) is 1. The van der Waals surface area contributed by atoms with Crippen molar-refractivity contribution in [3.8, 4) is 0 Å². The Labute approximate surface area is 161 Å². The van der Waals surface area contributed by atoms with Gasteiger partial charge in [-0.1, -0.05) is 18.2 Å². The van der Waals surface area contributed by atoms with Gasteiger partial charge in [-0.15, -0.1) is 0 Å². The monoisotopic (exact) mass is 394 g/mol. The van der Waals surface area contributed by atoms with Crippen LogP contribution in [0.4, 0.5) is 18.9 Å². The van der Waals surface area contributed by atoms with E-state index in [0.29, 0.717) is 23.4 Å². The lowest BCUT2D eigenvalue weighted by molar-refractivity contribution is -0.137. The van der Waals surface area contributed by atoms with E-state index in [2.05, 4.69) is 10.1 Å². The van der Waals surface area contributed by atoms with Gasteiger partial charge in [0.2, 0.25) is 5.91 Å². The minimum absolute atomic E-state index is 0.0307. The van der Waals surface area contributed by atoms with Gasteiger partial charge in [0.05, 0.1) is 24.8 Å². The maximum atomic E-state index is 12.6. The van der Waals surface area contributed by atoms with E-state index in [4.69, 9.17) is 0 Å². The first-order valence-electron chi connectivity index (χ1n) is 8.43.